The van der Waals surface area contributed by atoms with Crippen LogP contribution in [0.1, 0.15) is 26.3 Å². The van der Waals surface area contributed by atoms with Crippen LogP contribution < -0.4 is 9.64 Å². The molecule has 0 aliphatic heterocycles. The van der Waals surface area contributed by atoms with Crippen molar-refractivity contribution in [2.24, 2.45) is 0 Å². The van der Waals surface area contributed by atoms with Gasteiger partial charge < -0.3 is 14.4 Å². The molecule has 4 heteroatoms. The van der Waals surface area contributed by atoms with Crippen molar-refractivity contribution < 1.29 is 9.47 Å². The zero-order valence-electron chi connectivity index (χ0n) is 15.3. The Hall–Kier alpha value is -2.51. The molecule has 0 amide bonds. The second-order valence-corrected chi connectivity index (χ2v) is 5.56. The molecule has 4 nitrogen and oxygen atoms in total. The van der Waals surface area contributed by atoms with Crippen molar-refractivity contribution in [2.75, 3.05) is 37.8 Å². The number of hydrogen-bond acceptors (Lipinski definition) is 4. The summed E-state index contributed by atoms with van der Waals surface area (Å²) in [6.45, 7) is 9.81. The first-order valence-corrected chi connectivity index (χ1v) is 8.84. The quantitative estimate of drug-likeness (QED) is 0.632. The van der Waals surface area contributed by atoms with Gasteiger partial charge in [-0.25, -0.2) is 0 Å². The molecule has 2 aromatic rings. The van der Waals surface area contributed by atoms with Crippen LogP contribution in [0.15, 0.2) is 42.5 Å². The molecule has 25 heavy (non-hydrogen) atoms. The molecule has 0 unspecified atom stereocenters. The molecule has 0 aliphatic rings. The smallest absolute Gasteiger partial charge is 0.137 e. The fraction of sp³-hybridized carbons (Fsp3) is 0.381. The topological polar surface area (TPSA) is 45.5 Å². The van der Waals surface area contributed by atoms with Crippen LogP contribution in [0, 0.1) is 11.3 Å². The zero-order valence-corrected chi connectivity index (χ0v) is 15.3. The Kier molecular flexibility index (Phi) is 7.31. The summed E-state index contributed by atoms with van der Waals surface area (Å²) in [7, 11) is 0. The first-order chi connectivity index (χ1) is 12.2. The largest absolute Gasteiger partial charge is 0.490 e. The van der Waals surface area contributed by atoms with Gasteiger partial charge in [0.1, 0.15) is 24.0 Å². The van der Waals surface area contributed by atoms with Crippen LogP contribution in [0.4, 0.5) is 5.69 Å². The minimum absolute atomic E-state index is 0.437. The molecule has 0 heterocycles. The van der Waals surface area contributed by atoms with Gasteiger partial charge in [0.05, 0.1) is 6.61 Å². The zero-order chi connectivity index (χ0) is 18.1. The summed E-state index contributed by atoms with van der Waals surface area (Å²) in [6, 6.07) is 16.3. The van der Waals surface area contributed by atoms with Gasteiger partial charge >= 0.3 is 0 Å². The van der Waals surface area contributed by atoms with Gasteiger partial charge in [-0.05, 0) is 44.5 Å². The number of benzene rings is 2. The van der Waals surface area contributed by atoms with Crippen molar-refractivity contribution in [1.29, 1.82) is 5.26 Å². The minimum Gasteiger partial charge on any atom is -0.490 e. The Morgan fingerprint density at radius 2 is 1.68 bits per heavy atom. The van der Waals surface area contributed by atoms with Crippen LogP contribution >= 0.6 is 0 Å². The molecule has 0 saturated heterocycles. The number of anilines is 1. The maximum atomic E-state index is 9.61. The van der Waals surface area contributed by atoms with Crippen LogP contribution in [0.2, 0.25) is 0 Å². The molecule has 0 bridgehead atoms. The molecule has 132 valence electrons. The van der Waals surface area contributed by atoms with Crippen LogP contribution in [0.5, 0.6) is 5.75 Å². The lowest BCUT2D eigenvalue weighted by Crippen LogP contribution is -2.21. The van der Waals surface area contributed by atoms with Gasteiger partial charge in [0, 0.05) is 30.9 Å². The predicted octanol–water partition coefficient (Wildman–Crippen LogP) is 4.49. The van der Waals surface area contributed by atoms with Crippen molar-refractivity contribution in [3.63, 3.8) is 0 Å². The minimum atomic E-state index is 0.437. The van der Waals surface area contributed by atoms with E-state index in [0.717, 1.165) is 24.2 Å². The van der Waals surface area contributed by atoms with E-state index in [1.54, 1.807) is 0 Å². The normalized spacial score (nSPS) is 10.3. The summed E-state index contributed by atoms with van der Waals surface area (Å²) in [6.07, 6.45) is 0. The van der Waals surface area contributed by atoms with Crippen LogP contribution in [0.3, 0.4) is 0 Å². The van der Waals surface area contributed by atoms with Crippen molar-refractivity contribution in [3.8, 4) is 22.9 Å². The lowest BCUT2D eigenvalue weighted by atomic mass is 9.99. The monoisotopic (exact) mass is 338 g/mol. The summed E-state index contributed by atoms with van der Waals surface area (Å²) >= 11 is 0. The van der Waals surface area contributed by atoms with Gasteiger partial charge in [-0.3, -0.25) is 0 Å². The van der Waals surface area contributed by atoms with Crippen LogP contribution in [-0.2, 0) is 4.74 Å². The fourth-order valence-corrected chi connectivity index (χ4v) is 2.80. The van der Waals surface area contributed by atoms with Crippen molar-refractivity contribution in [1.82, 2.24) is 0 Å². The van der Waals surface area contributed by atoms with E-state index in [1.165, 1.54) is 5.69 Å². The van der Waals surface area contributed by atoms with E-state index in [2.05, 4.69) is 49.1 Å². The average Bonchev–Trinajstić information content (AvgIpc) is 2.66. The van der Waals surface area contributed by atoms with Crippen molar-refractivity contribution in [2.45, 2.75) is 20.8 Å². The van der Waals surface area contributed by atoms with E-state index in [4.69, 9.17) is 9.47 Å². The van der Waals surface area contributed by atoms with E-state index < -0.39 is 0 Å². The summed E-state index contributed by atoms with van der Waals surface area (Å²) in [5, 5.41) is 9.61. The third kappa shape index (κ3) is 4.74. The molecule has 0 radical (unpaired) electrons. The molecule has 0 aromatic heterocycles. The fourth-order valence-electron chi connectivity index (χ4n) is 2.80. The van der Waals surface area contributed by atoms with Crippen molar-refractivity contribution in [3.05, 3.63) is 48.0 Å². The predicted molar refractivity (Wildman–Crippen MR) is 102 cm³/mol. The maximum Gasteiger partial charge on any atom is 0.137 e. The van der Waals surface area contributed by atoms with E-state index in [-0.39, 0.29) is 0 Å². The molecule has 0 atom stereocenters. The first-order valence-electron chi connectivity index (χ1n) is 8.84. The highest BCUT2D eigenvalue weighted by atomic mass is 16.5. The molecule has 2 rings (SSSR count). The summed E-state index contributed by atoms with van der Waals surface area (Å²) in [4.78, 5) is 2.29. The van der Waals surface area contributed by atoms with Gasteiger partial charge in [0.15, 0.2) is 0 Å². The highest BCUT2D eigenvalue weighted by molar-refractivity contribution is 5.75. The average molecular weight is 338 g/mol. The summed E-state index contributed by atoms with van der Waals surface area (Å²) in [5.74, 6) is 0.604. The van der Waals surface area contributed by atoms with E-state index in [9.17, 15) is 5.26 Å². The van der Waals surface area contributed by atoms with E-state index >= 15 is 0 Å². The Balaban J connectivity index is 2.25. The SMILES string of the molecule is CCOCCOc1cccc(-c2ccc(N(CC)CC)cc2)c1C#N. The Bertz CT molecular complexity index is 701. The molecular weight excluding hydrogens is 312 g/mol. The molecule has 2 aromatic carbocycles. The molecule has 0 fully saturated rings. The van der Waals surface area contributed by atoms with Crippen LogP contribution in [-0.4, -0.2) is 32.9 Å². The van der Waals surface area contributed by atoms with Crippen LogP contribution in [0.25, 0.3) is 11.1 Å². The number of rotatable bonds is 9. The Labute approximate surface area is 150 Å². The second-order valence-electron chi connectivity index (χ2n) is 5.56. The van der Waals surface area contributed by atoms with Gasteiger partial charge in [-0.2, -0.15) is 5.26 Å². The molecule has 0 spiro atoms. The number of hydrogen-bond donors (Lipinski definition) is 0. The summed E-state index contributed by atoms with van der Waals surface area (Å²) in [5.41, 5.74) is 3.66. The third-order valence-corrected chi connectivity index (χ3v) is 4.13. The van der Waals surface area contributed by atoms with E-state index in [0.29, 0.717) is 31.1 Å². The number of nitrogens with zero attached hydrogens (tertiary/aromatic N) is 2. The third-order valence-electron chi connectivity index (χ3n) is 4.13. The highest BCUT2D eigenvalue weighted by Crippen LogP contribution is 2.31. The molecule has 0 N–H and O–H groups in total. The number of nitriles is 1. The lowest BCUT2D eigenvalue weighted by Gasteiger charge is -2.21. The van der Waals surface area contributed by atoms with Crippen molar-refractivity contribution >= 4 is 5.69 Å². The van der Waals surface area contributed by atoms with E-state index in [1.807, 2.05) is 25.1 Å². The molecule has 0 saturated carbocycles. The number of ether oxygens (including phenoxy) is 2. The maximum absolute atomic E-state index is 9.61. The Morgan fingerprint density at radius 1 is 0.960 bits per heavy atom. The first kappa shape index (κ1) is 18.8. The van der Waals surface area contributed by atoms with Gasteiger partial charge in [-0.15, -0.1) is 0 Å². The standard InChI is InChI=1S/C21H26N2O2/c1-4-23(5-2)18-12-10-17(11-13-18)19-8-7-9-21(20(19)16-22)25-15-14-24-6-3/h7-13H,4-6,14-15H2,1-3H3. The lowest BCUT2D eigenvalue weighted by molar-refractivity contribution is 0.110. The molecule has 0 aliphatic carbocycles. The second kappa shape index (κ2) is 9.71. The summed E-state index contributed by atoms with van der Waals surface area (Å²) < 4.78 is 11.0. The highest BCUT2D eigenvalue weighted by Gasteiger charge is 2.11. The van der Waals surface area contributed by atoms with Gasteiger partial charge in [0.2, 0.25) is 0 Å². The molecular formula is C21H26N2O2. The van der Waals surface area contributed by atoms with Gasteiger partial charge in [0.25, 0.3) is 0 Å². The van der Waals surface area contributed by atoms with Gasteiger partial charge in [-0.1, -0.05) is 24.3 Å². The Morgan fingerprint density at radius 3 is 2.28 bits per heavy atom.